The lowest BCUT2D eigenvalue weighted by Gasteiger charge is -2.29. The van der Waals surface area contributed by atoms with Gasteiger partial charge in [-0.1, -0.05) is 0 Å². The average Bonchev–Trinajstić information content (AvgIpc) is 2.66. The minimum Gasteiger partial charge on any atom is -0.478 e. The van der Waals surface area contributed by atoms with Gasteiger partial charge in [-0.15, -0.1) is 0 Å². The van der Waals surface area contributed by atoms with E-state index in [1.165, 1.54) is 12.1 Å². The molecule has 2 heterocycles. The van der Waals surface area contributed by atoms with Crippen LogP contribution in [0, 0.1) is 0 Å². The van der Waals surface area contributed by atoms with E-state index in [4.69, 9.17) is 9.84 Å². The van der Waals surface area contributed by atoms with Gasteiger partial charge in [-0.3, -0.25) is 4.79 Å². The second-order valence-electron chi connectivity index (χ2n) is 4.97. The van der Waals surface area contributed by atoms with Crippen molar-refractivity contribution in [3.8, 4) is 0 Å². The molecule has 0 aliphatic carbocycles. The smallest absolute Gasteiger partial charge is 0.335 e. The lowest BCUT2D eigenvalue weighted by atomic mass is 10.1. The average molecular weight is 311 g/mol. The lowest BCUT2D eigenvalue weighted by molar-refractivity contribution is 0.0507. The summed E-state index contributed by atoms with van der Waals surface area (Å²) in [6, 6.07) is 3.11. The van der Waals surface area contributed by atoms with Gasteiger partial charge < -0.3 is 9.84 Å². The standard InChI is InChI=1S/C13H13NO6S/c15-12-10-2-1-8(13(16)17)7-11(10)21(18,19)14(12)9-3-5-20-6-4-9/h1-2,7,9H,3-6H2,(H,16,17). The van der Waals surface area contributed by atoms with Gasteiger partial charge in [-0.2, -0.15) is 0 Å². The topological polar surface area (TPSA) is 101 Å². The summed E-state index contributed by atoms with van der Waals surface area (Å²) >= 11 is 0. The van der Waals surface area contributed by atoms with E-state index in [-0.39, 0.29) is 16.0 Å². The van der Waals surface area contributed by atoms with E-state index in [1.54, 1.807) is 0 Å². The fourth-order valence-electron chi connectivity index (χ4n) is 2.66. The summed E-state index contributed by atoms with van der Waals surface area (Å²) < 4.78 is 31.1. The van der Waals surface area contributed by atoms with Crippen LogP contribution in [0.1, 0.15) is 33.6 Å². The van der Waals surface area contributed by atoms with Crippen molar-refractivity contribution in [3.63, 3.8) is 0 Å². The van der Waals surface area contributed by atoms with E-state index in [1.807, 2.05) is 0 Å². The molecule has 2 aliphatic rings. The molecule has 0 saturated carbocycles. The number of sulfonamides is 1. The van der Waals surface area contributed by atoms with Gasteiger partial charge in [0.25, 0.3) is 15.9 Å². The minimum atomic E-state index is -3.99. The fourth-order valence-corrected chi connectivity index (χ4v) is 4.50. The Hall–Kier alpha value is -1.93. The lowest BCUT2D eigenvalue weighted by Crippen LogP contribution is -2.43. The van der Waals surface area contributed by atoms with Crippen molar-refractivity contribution in [2.75, 3.05) is 13.2 Å². The van der Waals surface area contributed by atoms with Crippen LogP contribution in [0.15, 0.2) is 23.1 Å². The molecule has 3 rings (SSSR count). The Bertz CT molecular complexity index is 720. The van der Waals surface area contributed by atoms with Crippen LogP contribution >= 0.6 is 0 Å². The van der Waals surface area contributed by atoms with Crippen molar-refractivity contribution < 1.29 is 27.9 Å². The number of amides is 1. The molecule has 21 heavy (non-hydrogen) atoms. The van der Waals surface area contributed by atoms with Crippen molar-refractivity contribution in [1.29, 1.82) is 0 Å². The zero-order valence-electron chi connectivity index (χ0n) is 11.0. The Morgan fingerprint density at radius 3 is 2.57 bits per heavy atom. The van der Waals surface area contributed by atoms with Crippen LogP contribution in [0.25, 0.3) is 0 Å². The maximum Gasteiger partial charge on any atom is 0.335 e. The number of benzene rings is 1. The monoisotopic (exact) mass is 311 g/mol. The molecule has 0 radical (unpaired) electrons. The predicted octanol–water partition coefficient (Wildman–Crippen LogP) is 0.708. The number of carbonyl (C=O) groups is 2. The number of carbonyl (C=O) groups excluding carboxylic acids is 1. The molecule has 2 aliphatic heterocycles. The molecule has 1 aromatic carbocycles. The first-order chi connectivity index (χ1) is 9.93. The fraction of sp³-hybridized carbons (Fsp3) is 0.385. The normalized spacial score (nSPS) is 21.3. The molecule has 1 aromatic rings. The van der Waals surface area contributed by atoms with Crippen LogP contribution < -0.4 is 0 Å². The van der Waals surface area contributed by atoms with Crippen LogP contribution in [-0.2, 0) is 14.8 Å². The van der Waals surface area contributed by atoms with Gasteiger partial charge in [0, 0.05) is 13.2 Å². The van der Waals surface area contributed by atoms with E-state index in [2.05, 4.69) is 0 Å². The maximum atomic E-state index is 12.5. The molecular formula is C13H13NO6S. The minimum absolute atomic E-state index is 0.0338. The molecule has 0 unspecified atom stereocenters. The molecule has 0 bridgehead atoms. The number of aromatic carboxylic acids is 1. The highest BCUT2D eigenvalue weighted by atomic mass is 32.2. The van der Waals surface area contributed by atoms with Crippen LogP contribution in [-0.4, -0.2) is 49.0 Å². The molecule has 7 nitrogen and oxygen atoms in total. The number of hydrogen-bond donors (Lipinski definition) is 1. The van der Waals surface area contributed by atoms with Gasteiger partial charge in [0.1, 0.15) is 4.90 Å². The number of hydrogen-bond acceptors (Lipinski definition) is 5. The Morgan fingerprint density at radius 1 is 1.29 bits per heavy atom. The van der Waals surface area contributed by atoms with Gasteiger partial charge in [0.05, 0.1) is 17.2 Å². The van der Waals surface area contributed by atoms with Gasteiger partial charge in [-0.05, 0) is 31.0 Å². The number of carboxylic acid groups (broad SMARTS) is 1. The van der Waals surface area contributed by atoms with Gasteiger partial charge >= 0.3 is 5.97 Å². The Balaban J connectivity index is 2.08. The number of nitrogens with zero attached hydrogens (tertiary/aromatic N) is 1. The molecule has 112 valence electrons. The van der Waals surface area contributed by atoms with E-state index in [9.17, 15) is 18.0 Å². The van der Waals surface area contributed by atoms with Crippen LogP contribution in [0.4, 0.5) is 0 Å². The molecule has 0 spiro atoms. The molecule has 0 atom stereocenters. The van der Waals surface area contributed by atoms with E-state index in [0.29, 0.717) is 26.1 Å². The summed E-state index contributed by atoms with van der Waals surface area (Å²) in [4.78, 5) is 23.1. The number of rotatable bonds is 2. The third-order valence-corrected chi connectivity index (χ3v) is 5.59. The first-order valence-electron chi connectivity index (χ1n) is 6.47. The highest BCUT2D eigenvalue weighted by molar-refractivity contribution is 7.90. The maximum absolute atomic E-state index is 12.5. The third-order valence-electron chi connectivity index (χ3n) is 3.72. The van der Waals surface area contributed by atoms with Gasteiger partial charge in [-0.25, -0.2) is 17.5 Å². The molecule has 1 saturated heterocycles. The second-order valence-corrected chi connectivity index (χ2v) is 6.75. The summed E-state index contributed by atoms with van der Waals surface area (Å²) in [5.74, 6) is -1.82. The van der Waals surface area contributed by atoms with Crippen molar-refractivity contribution in [2.45, 2.75) is 23.8 Å². The summed E-state index contributed by atoms with van der Waals surface area (Å²) in [5, 5.41) is 8.96. The first kappa shape index (κ1) is 14.0. The van der Waals surface area contributed by atoms with E-state index in [0.717, 1.165) is 10.4 Å². The molecule has 0 aromatic heterocycles. The summed E-state index contributed by atoms with van der Waals surface area (Å²) in [6.45, 7) is 0.807. The number of ether oxygens (including phenoxy) is 1. The van der Waals surface area contributed by atoms with Crippen molar-refractivity contribution >= 4 is 21.9 Å². The zero-order chi connectivity index (χ0) is 15.2. The first-order valence-corrected chi connectivity index (χ1v) is 7.91. The quantitative estimate of drug-likeness (QED) is 0.863. The molecule has 1 amide bonds. The van der Waals surface area contributed by atoms with Crippen molar-refractivity contribution in [3.05, 3.63) is 29.3 Å². The molecule has 8 heteroatoms. The van der Waals surface area contributed by atoms with Crippen molar-refractivity contribution in [2.24, 2.45) is 0 Å². The van der Waals surface area contributed by atoms with Crippen LogP contribution in [0.2, 0.25) is 0 Å². The summed E-state index contributed by atoms with van der Waals surface area (Å²) in [6.07, 6.45) is 0.898. The molecular weight excluding hydrogens is 298 g/mol. The molecule has 1 fully saturated rings. The van der Waals surface area contributed by atoms with Crippen LogP contribution in [0.3, 0.4) is 0 Å². The Morgan fingerprint density at radius 2 is 1.95 bits per heavy atom. The summed E-state index contributed by atoms with van der Waals surface area (Å²) in [7, 11) is -3.99. The Kier molecular flexibility index (Phi) is 3.22. The molecule has 1 N–H and O–H groups in total. The number of carboxylic acids is 1. The number of fused-ring (bicyclic) bond motifs is 1. The van der Waals surface area contributed by atoms with E-state index >= 15 is 0 Å². The SMILES string of the molecule is O=C(O)c1ccc2c(c1)S(=O)(=O)N(C1CCOCC1)C2=O. The predicted molar refractivity (Wildman–Crippen MR) is 70.6 cm³/mol. The highest BCUT2D eigenvalue weighted by Crippen LogP contribution is 2.34. The van der Waals surface area contributed by atoms with Gasteiger partial charge in [0.2, 0.25) is 0 Å². The van der Waals surface area contributed by atoms with E-state index < -0.39 is 27.9 Å². The van der Waals surface area contributed by atoms with Gasteiger partial charge in [0.15, 0.2) is 0 Å². The van der Waals surface area contributed by atoms with Crippen LogP contribution in [0.5, 0.6) is 0 Å². The largest absolute Gasteiger partial charge is 0.478 e. The van der Waals surface area contributed by atoms with Crippen molar-refractivity contribution in [1.82, 2.24) is 4.31 Å². The second kappa shape index (κ2) is 4.81. The zero-order valence-corrected chi connectivity index (χ0v) is 11.8. The summed E-state index contributed by atoms with van der Waals surface area (Å²) in [5.41, 5.74) is -0.120. The third kappa shape index (κ3) is 2.11. The highest BCUT2D eigenvalue weighted by Gasteiger charge is 2.45. The Labute approximate surface area is 121 Å².